The van der Waals surface area contributed by atoms with Crippen molar-refractivity contribution < 1.29 is 4.79 Å². The average molecular weight is 184 g/mol. The molecular weight excluding hydrogens is 176 g/mol. The van der Waals surface area contributed by atoms with Gasteiger partial charge in [-0.1, -0.05) is 0 Å². The molecule has 0 aliphatic carbocycles. The third kappa shape index (κ3) is 2.18. The summed E-state index contributed by atoms with van der Waals surface area (Å²) >= 11 is 0. The summed E-state index contributed by atoms with van der Waals surface area (Å²) < 4.78 is 0. The van der Waals surface area contributed by atoms with Gasteiger partial charge in [0.05, 0.1) is 23.3 Å². The van der Waals surface area contributed by atoms with Crippen molar-refractivity contribution in [2.75, 3.05) is 0 Å². The summed E-state index contributed by atoms with van der Waals surface area (Å²) in [5.74, 6) is -0.0170. The Hall–Kier alpha value is -2.13. The van der Waals surface area contributed by atoms with Gasteiger partial charge >= 0.3 is 0 Å². The predicted molar refractivity (Wildman–Crippen MR) is 50.3 cm³/mol. The Bertz CT molecular complexity index is 449. The summed E-state index contributed by atoms with van der Waals surface area (Å²) in [6.07, 6.45) is 0.207. The van der Waals surface area contributed by atoms with E-state index in [1.54, 1.807) is 18.2 Å². The predicted octanol–water partition coefficient (Wildman–Crippen LogP) is 1.56. The lowest BCUT2D eigenvalue weighted by Gasteiger charge is -2.00. The summed E-state index contributed by atoms with van der Waals surface area (Å²) in [7, 11) is 0. The average Bonchev–Trinajstić information content (AvgIpc) is 2.16. The molecule has 0 spiro atoms. The second-order valence-electron chi connectivity index (χ2n) is 2.97. The minimum atomic E-state index is -0.0170. The van der Waals surface area contributed by atoms with Crippen molar-refractivity contribution in [2.45, 2.75) is 13.3 Å². The van der Waals surface area contributed by atoms with E-state index in [9.17, 15) is 4.79 Å². The minimum Gasteiger partial charge on any atom is -0.300 e. The molecule has 68 valence electrons. The molecule has 1 aromatic carbocycles. The number of nitriles is 2. The highest BCUT2D eigenvalue weighted by atomic mass is 16.1. The fraction of sp³-hybridized carbons (Fsp3) is 0.182. The molecular formula is C11H8N2O. The van der Waals surface area contributed by atoms with E-state index < -0.39 is 0 Å². The van der Waals surface area contributed by atoms with Crippen molar-refractivity contribution in [1.82, 2.24) is 0 Å². The summed E-state index contributed by atoms with van der Waals surface area (Å²) in [6.45, 7) is 1.46. The maximum absolute atomic E-state index is 10.9. The Labute approximate surface area is 82.2 Å². The summed E-state index contributed by atoms with van der Waals surface area (Å²) in [5, 5.41) is 17.4. The highest BCUT2D eigenvalue weighted by Crippen LogP contribution is 2.11. The zero-order chi connectivity index (χ0) is 10.6. The van der Waals surface area contributed by atoms with Gasteiger partial charge in [0.15, 0.2) is 0 Å². The molecule has 0 saturated carbocycles. The molecule has 1 rings (SSSR count). The molecule has 0 aliphatic heterocycles. The number of Topliss-reactive ketones (excluding diaryl/α,β-unsaturated/α-hetero) is 1. The van der Waals surface area contributed by atoms with E-state index >= 15 is 0 Å². The van der Waals surface area contributed by atoms with Crippen molar-refractivity contribution in [3.8, 4) is 12.1 Å². The highest BCUT2D eigenvalue weighted by Gasteiger charge is 2.05. The Balaban J connectivity index is 3.18. The van der Waals surface area contributed by atoms with Crippen LogP contribution in [0.5, 0.6) is 0 Å². The van der Waals surface area contributed by atoms with Crippen LogP contribution in [-0.4, -0.2) is 5.78 Å². The summed E-state index contributed by atoms with van der Waals surface area (Å²) in [5.41, 5.74) is 1.55. The summed E-state index contributed by atoms with van der Waals surface area (Å²) in [4.78, 5) is 10.9. The van der Waals surface area contributed by atoms with Gasteiger partial charge in [-0.15, -0.1) is 0 Å². The van der Waals surface area contributed by atoms with Crippen LogP contribution in [0.15, 0.2) is 18.2 Å². The van der Waals surface area contributed by atoms with E-state index in [2.05, 4.69) is 0 Å². The van der Waals surface area contributed by atoms with Crippen LogP contribution < -0.4 is 0 Å². The zero-order valence-electron chi connectivity index (χ0n) is 7.74. The maximum Gasteiger partial charge on any atom is 0.134 e. The second-order valence-corrected chi connectivity index (χ2v) is 2.97. The molecule has 3 heteroatoms. The van der Waals surface area contributed by atoms with Crippen molar-refractivity contribution in [3.63, 3.8) is 0 Å². The van der Waals surface area contributed by atoms with E-state index in [4.69, 9.17) is 10.5 Å². The van der Waals surface area contributed by atoms with E-state index in [0.717, 1.165) is 0 Å². The van der Waals surface area contributed by atoms with Crippen LogP contribution in [0.25, 0.3) is 0 Å². The van der Waals surface area contributed by atoms with Gasteiger partial charge in [0, 0.05) is 6.42 Å². The highest BCUT2D eigenvalue weighted by molar-refractivity contribution is 5.79. The molecule has 0 radical (unpaired) electrons. The van der Waals surface area contributed by atoms with Crippen LogP contribution in [0, 0.1) is 22.7 Å². The van der Waals surface area contributed by atoms with Crippen LogP contribution in [0.3, 0.4) is 0 Å². The smallest absolute Gasteiger partial charge is 0.134 e. The standard InChI is InChI=1S/C11H8N2O/c1-8(14)4-11-5-9(6-12)2-3-10(11)7-13/h2-3,5H,4H2,1H3. The molecule has 0 saturated heterocycles. The lowest BCUT2D eigenvalue weighted by atomic mass is 10.0. The Morgan fingerprint density at radius 2 is 2.07 bits per heavy atom. The quantitative estimate of drug-likeness (QED) is 0.700. The molecule has 0 aromatic heterocycles. The zero-order valence-corrected chi connectivity index (χ0v) is 7.74. The topological polar surface area (TPSA) is 64.7 Å². The van der Waals surface area contributed by atoms with E-state index in [1.165, 1.54) is 6.92 Å². The Morgan fingerprint density at radius 3 is 2.57 bits per heavy atom. The second kappa shape index (κ2) is 4.20. The van der Waals surface area contributed by atoms with Crippen molar-refractivity contribution >= 4 is 5.78 Å². The van der Waals surface area contributed by atoms with Gasteiger partial charge in [-0.05, 0) is 30.7 Å². The van der Waals surface area contributed by atoms with Gasteiger partial charge < -0.3 is 0 Å². The number of rotatable bonds is 2. The number of benzene rings is 1. The fourth-order valence-corrected chi connectivity index (χ4v) is 1.19. The van der Waals surface area contributed by atoms with Crippen LogP contribution in [-0.2, 0) is 11.2 Å². The van der Waals surface area contributed by atoms with E-state index in [-0.39, 0.29) is 12.2 Å². The van der Waals surface area contributed by atoms with Gasteiger partial charge in [-0.25, -0.2) is 0 Å². The van der Waals surface area contributed by atoms with Crippen LogP contribution >= 0.6 is 0 Å². The number of ketones is 1. The number of hydrogen-bond acceptors (Lipinski definition) is 3. The van der Waals surface area contributed by atoms with Crippen LogP contribution in [0.4, 0.5) is 0 Å². The first-order valence-electron chi connectivity index (χ1n) is 4.10. The van der Waals surface area contributed by atoms with Gasteiger partial charge in [-0.2, -0.15) is 10.5 Å². The van der Waals surface area contributed by atoms with Crippen LogP contribution in [0.2, 0.25) is 0 Å². The normalized spacial score (nSPS) is 8.79. The molecule has 0 heterocycles. The molecule has 0 amide bonds. The molecule has 3 nitrogen and oxygen atoms in total. The monoisotopic (exact) mass is 184 g/mol. The van der Waals surface area contributed by atoms with Gasteiger partial charge in [0.2, 0.25) is 0 Å². The van der Waals surface area contributed by atoms with Crippen molar-refractivity contribution in [2.24, 2.45) is 0 Å². The molecule has 0 bridgehead atoms. The molecule has 0 aliphatic rings. The number of nitrogens with zero attached hydrogens (tertiary/aromatic N) is 2. The van der Waals surface area contributed by atoms with Crippen molar-refractivity contribution in [1.29, 1.82) is 10.5 Å². The fourth-order valence-electron chi connectivity index (χ4n) is 1.19. The van der Waals surface area contributed by atoms with E-state index in [1.807, 2.05) is 12.1 Å². The third-order valence-corrected chi connectivity index (χ3v) is 1.79. The van der Waals surface area contributed by atoms with Gasteiger partial charge in [-0.3, -0.25) is 4.79 Å². The molecule has 0 fully saturated rings. The first-order chi connectivity index (χ1) is 6.67. The molecule has 14 heavy (non-hydrogen) atoms. The Kier molecular flexibility index (Phi) is 2.99. The SMILES string of the molecule is CC(=O)Cc1cc(C#N)ccc1C#N. The first kappa shape index (κ1) is 9.95. The lowest BCUT2D eigenvalue weighted by Crippen LogP contribution is -1.99. The van der Waals surface area contributed by atoms with Crippen molar-refractivity contribution in [3.05, 3.63) is 34.9 Å². The minimum absolute atomic E-state index is 0.0170. The maximum atomic E-state index is 10.9. The number of carbonyl (C=O) groups is 1. The molecule has 0 atom stereocenters. The largest absolute Gasteiger partial charge is 0.300 e. The third-order valence-electron chi connectivity index (χ3n) is 1.79. The van der Waals surface area contributed by atoms with Crippen LogP contribution in [0.1, 0.15) is 23.6 Å². The Morgan fingerprint density at radius 1 is 1.36 bits per heavy atom. The first-order valence-corrected chi connectivity index (χ1v) is 4.10. The summed E-state index contributed by atoms with van der Waals surface area (Å²) in [6, 6.07) is 8.68. The lowest BCUT2D eigenvalue weighted by molar-refractivity contribution is -0.116. The van der Waals surface area contributed by atoms with E-state index in [0.29, 0.717) is 16.7 Å². The molecule has 1 aromatic rings. The molecule has 0 N–H and O–H groups in total. The van der Waals surface area contributed by atoms with Gasteiger partial charge in [0.25, 0.3) is 0 Å². The van der Waals surface area contributed by atoms with Gasteiger partial charge in [0.1, 0.15) is 5.78 Å². The number of hydrogen-bond donors (Lipinski definition) is 0. The number of carbonyl (C=O) groups excluding carboxylic acids is 1. The molecule has 0 unspecified atom stereocenters.